The molecule has 3 aromatic rings. The van der Waals surface area contributed by atoms with Crippen LogP contribution in [0, 0.1) is 0 Å². The Labute approximate surface area is 136 Å². The number of aromatic nitrogens is 2. The largest absolute Gasteiger partial charge is 0.345 e. The number of imide groups is 1. The summed E-state index contributed by atoms with van der Waals surface area (Å²) >= 11 is 5.96. The Balaban J connectivity index is 1.72. The van der Waals surface area contributed by atoms with Crippen LogP contribution in [0.3, 0.4) is 0 Å². The molecular formula is C16H11ClN4O2. The van der Waals surface area contributed by atoms with E-state index in [1.165, 1.54) is 0 Å². The van der Waals surface area contributed by atoms with Gasteiger partial charge >= 0.3 is 6.03 Å². The first-order valence-electron chi connectivity index (χ1n) is 6.96. The smallest absolute Gasteiger partial charge is 0.329 e. The number of anilines is 1. The summed E-state index contributed by atoms with van der Waals surface area (Å²) in [6.07, 6.45) is 1.56. The average molecular weight is 327 g/mol. The number of fused-ring (bicyclic) bond motifs is 1. The lowest BCUT2D eigenvalue weighted by atomic mass is 10.1. The van der Waals surface area contributed by atoms with E-state index in [4.69, 9.17) is 11.6 Å². The van der Waals surface area contributed by atoms with Crippen LogP contribution in [0.15, 0.2) is 48.8 Å². The van der Waals surface area contributed by atoms with Crippen molar-refractivity contribution in [3.63, 3.8) is 0 Å². The summed E-state index contributed by atoms with van der Waals surface area (Å²) in [5.74, 6) is -0.337. The monoisotopic (exact) mass is 326 g/mol. The van der Waals surface area contributed by atoms with Gasteiger partial charge < -0.3 is 10.3 Å². The molecule has 114 valence electrons. The summed E-state index contributed by atoms with van der Waals surface area (Å²) in [6.45, 7) is 0. The van der Waals surface area contributed by atoms with Crippen LogP contribution in [0.25, 0.3) is 11.0 Å². The number of aromatic amines is 1. The van der Waals surface area contributed by atoms with Crippen molar-refractivity contribution in [1.82, 2.24) is 15.3 Å². The van der Waals surface area contributed by atoms with Crippen LogP contribution in [0.1, 0.15) is 11.6 Å². The predicted molar refractivity (Wildman–Crippen MR) is 86.3 cm³/mol. The molecule has 23 heavy (non-hydrogen) atoms. The van der Waals surface area contributed by atoms with E-state index in [1.807, 2.05) is 0 Å². The molecule has 0 aliphatic carbocycles. The molecule has 2 aromatic carbocycles. The number of rotatable bonds is 2. The van der Waals surface area contributed by atoms with Gasteiger partial charge in [-0.15, -0.1) is 0 Å². The minimum absolute atomic E-state index is 0.337. The molecule has 1 unspecified atom stereocenters. The van der Waals surface area contributed by atoms with Crippen LogP contribution in [0.4, 0.5) is 10.5 Å². The van der Waals surface area contributed by atoms with Crippen molar-refractivity contribution in [2.24, 2.45) is 0 Å². The first-order valence-corrected chi connectivity index (χ1v) is 7.34. The van der Waals surface area contributed by atoms with Crippen LogP contribution in [-0.2, 0) is 4.79 Å². The lowest BCUT2D eigenvalue weighted by Gasteiger charge is -2.13. The van der Waals surface area contributed by atoms with E-state index in [9.17, 15) is 9.59 Å². The minimum Gasteiger partial charge on any atom is -0.345 e. The van der Waals surface area contributed by atoms with Gasteiger partial charge in [-0.2, -0.15) is 0 Å². The highest BCUT2D eigenvalue weighted by molar-refractivity contribution is 6.30. The van der Waals surface area contributed by atoms with Crippen molar-refractivity contribution in [3.8, 4) is 0 Å². The fourth-order valence-electron chi connectivity index (χ4n) is 2.70. The van der Waals surface area contributed by atoms with Gasteiger partial charge in [-0.1, -0.05) is 23.7 Å². The standard InChI is InChI=1S/C16H11ClN4O2/c17-10-3-1-2-9(6-10)14-15(22)21(16(23)20-14)11-4-5-12-13(7-11)19-8-18-12/h1-8,14H,(H,18,19)(H,20,23). The SMILES string of the molecule is O=C1NC(c2cccc(Cl)c2)C(=O)N1c1ccc2nc[nH]c2c1. The number of H-pyrrole nitrogens is 1. The number of benzene rings is 2. The molecule has 0 saturated carbocycles. The molecule has 6 nitrogen and oxygen atoms in total. The van der Waals surface area contributed by atoms with E-state index in [-0.39, 0.29) is 5.91 Å². The number of amides is 3. The van der Waals surface area contributed by atoms with Gasteiger partial charge in [0.25, 0.3) is 5.91 Å². The molecule has 0 spiro atoms. The second kappa shape index (κ2) is 5.10. The van der Waals surface area contributed by atoms with Gasteiger partial charge in [0.05, 0.1) is 23.0 Å². The third-order valence-corrected chi connectivity index (χ3v) is 4.02. The van der Waals surface area contributed by atoms with E-state index in [0.717, 1.165) is 15.9 Å². The zero-order chi connectivity index (χ0) is 16.0. The Morgan fingerprint density at radius 3 is 2.83 bits per heavy atom. The Hall–Kier alpha value is -2.86. The van der Waals surface area contributed by atoms with E-state index in [0.29, 0.717) is 16.3 Å². The maximum absolute atomic E-state index is 12.7. The van der Waals surface area contributed by atoms with E-state index in [1.54, 1.807) is 48.8 Å². The number of carbonyl (C=O) groups excluding carboxylic acids is 2. The lowest BCUT2D eigenvalue weighted by Crippen LogP contribution is -2.30. The molecule has 1 fully saturated rings. The maximum Gasteiger partial charge on any atom is 0.329 e. The summed E-state index contributed by atoms with van der Waals surface area (Å²) < 4.78 is 0. The van der Waals surface area contributed by atoms with Gasteiger partial charge in [0.2, 0.25) is 0 Å². The zero-order valence-electron chi connectivity index (χ0n) is 11.8. The van der Waals surface area contributed by atoms with Gasteiger partial charge in [-0.05, 0) is 35.9 Å². The van der Waals surface area contributed by atoms with Crippen LogP contribution in [-0.4, -0.2) is 21.9 Å². The third kappa shape index (κ3) is 2.24. The fourth-order valence-corrected chi connectivity index (χ4v) is 2.90. The van der Waals surface area contributed by atoms with Crippen LogP contribution >= 0.6 is 11.6 Å². The molecule has 2 N–H and O–H groups in total. The highest BCUT2D eigenvalue weighted by Gasteiger charge is 2.40. The first-order chi connectivity index (χ1) is 11.1. The average Bonchev–Trinajstić information content (AvgIpc) is 3.11. The molecule has 1 atom stereocenters. The molecule has 1 aromatic heterocycles. The molecule has 1 aliphatic heterocycles. The van der Waals surface area contributed by atoms with E-state index < -0.39 is 12.1 Å². The summed E-state index contributed by atoms with van der Waals surface area (Å²) in [5.41, 5.74) is 2.68. The molecule has 7 heteroatoms. The van der Waals surface area contributed by atoms with Gasteiger partial charge in [0.15, 0.2) is 0 Å². The number of halogens is 1. The van der Waals surface area contributed by atoms with Gasteiger partial charge in [-0.25, -0.2) is 14.7 Å². The highest BCUT2D eigenvalue weighted by Crippen LogP contribution is 2.29. The summed E-state index contributed by atoms with van der Waals surface area (Å²) in [7, 11) is 0. The highest BCUT2D eigenvalue weighted by atomic mass is 35.5. The van der Waals surface area contributed by atoms with Crippen molar-refractivity contribution in [2.75, 3.05) is 4.90 Å². The maximum atomic E-state index is 12.7. The second-order valence-electron chi connectivity index (χ2n) is 5.22. The summed E-state index contributed by atoms with van der Waals surface area (Å²) in [6, 6.07) is 10.9. The van der Waals surface area contributed by atoms with Gasteiger partial charge in [-0.3, -0.25) is 4.79 Å². The number of nitrogens with zero attached hydrogens (tertiary/aromatic N) is 2. The Morgan fingerprint density at radius 1 is 1.13 bits per heavy atom. The molecule has 2 heterocycles. The van der Waals surface area contributed by atoms with Crippen LogP contribution in [0.2, 0.25) is 5.02 Å². The molecule has 3 amide bonds. The Kier molecular flexibility index (Phi) is 3.06. The second-order valence-corrected chi connectivity index (χ2v) is 5.65. The lowest BCUT2D eigenvalue weighted by molar-refractivity contribution is -0.118. The molecular weight excluding hydrogens is 316 g/mol. The van der Waals surface area contributed by atoms with Crippen molar-refractivity contribution in [2.45, 2.75) is 6.04 Å². The molecule has 1 saturated heterocycles. The molecule has 0 bridgehead atoms. The van der Waals surface area contributed by atoms with Gasteiger partial charge in [0.1, 0.15) is 6.04 Å². The van der Waals surface area contributed by atoms with Gasteiger partial charge in [0, 0.05) is 5.02 Å². The topological polar surface area (TPSA) is 78.1 Å². The van der Waals surface area contributed by atoms with Crippen molar-refractivity contribution in [3.05, 3.63) is 59.4 Å². The number of nitrogens with one attached hydrogen (secondary N) is 2. The van der Waals surface area contributed by atoms with Crippen LogP contribution < -0.4 is 10.2 Å². The number of hydrogen-bond acceptors (Lipinski definition) is 3. The third-order valence-electron chi connectivity index (χ3n) is 3.78. The molecule has 0 radical (unpaired) electrons. The van der Waals surface area contributed by atoms with E-state index in [2.05, 4.69) is 15.3 Å². The van der Waals surface area contributed by atoms with Crippen LogP contribution in [0.5, 0.6) is 0 Å². The quantitative estimate of drug-likeness (QED) is 0.711. The number of carbonyl (C=O) groups is 2. The summed E-state index contributed by atoms with van der Waals surface area (Å²) in [4.78, 5) is 33.2. The van der Waals surface area contributed by atoms with Crippen molar-refractivity contribution < 1.29 is 9.59 Å². The zero-order valence-corrected chi connectivity index (χ0v) is 12.5. The number of hydrogen-bond donors (Lipinski definition) is 2. The fraction of sp³-hybridized carbons (Fsp3) is 0.0625. The summed E-state index contributed by atoms with van der Waals surface area (Å²) in [5, 5.41) is 3.21. The van der Waals surface area contributed by atoms with Crippen molar-refractivity contribution >= 4 is 40.3 Å². The number of imidazole rings is 1. The Morgan fingerprint density at radius 2 is 2.00 bits per heavy atom. The van der Waals surface area contributed by atoms with Crippen molar-refractivity contribution in [1.29, 1.82) is 0 Å². The normalized spacial score (nSPS) is 17.8. The first kappa shape index (κ1) is 13.8. The Bertz CT molecular complexity index is 936. The minimum atomic E-state index is -0.737. The molecule has 4 rings (SSSR count). The van der Waals surface area contributed by atoms with E-state index >= 15 is 0 Å². The predicted octanol–water partition coefficient (Wildman–Crippen LogP) is 3.01. The number of urea groups is 1. The molecule has 1 aliphatic rings.